The van der Waals surface area contributed by atoms with Crippen molar-refractivity contribution < 1.29 is 8.42 Å². The molecule has 14 heavy (non-hydrogen) atoms. The van der Waals surface area contributed by atoms with E-state index < -0.39 is 9.84 Å². The zero-order valence-electron chi connectivity index (χ0n) is 7.77. The van der Waals surface area contributed by atoms with E-state index in [0.717, 1.165) is 5.57 Å². The van der Waals surface area contributed by atoms with Crippen LogP contribution >= 0.6 is 15.9 Å². The van der Waals surface area contributed by atoms with Crippen molar-refractivity contribution in [3.05, 3.63) is 41.3 Å². The van der Waals surface area contributed by atoms with Crippen molar-refractivity contribution in [3.63, 3.8) is 0 Å². The van der Waals surface area contributed by atoms with Crippen molar-refractivity contribution in [3.8, 4) is 0 Å². The molecule has 0 aromatic heterocycles. The second kappa shape index (κ2) is 4.75. The van der Waals surface area contributed by atoms with E-state index in [0.29, 0.717) is 10.2 Å². The molecular formula is C10H11BrO2S. The molecule has 0 atom stereocenters. The Morgan fingerprint density at radius 3 is 2.43 bits per heavy atom. The maximum absolute atomic E-state index is 11.7. The summed E-state index contributed by atoms with van der Waals surface area (Å²) in [5.74, 6) is 0. The average Bonchev–Trinajstić information content (AvgIpc) is 2.18. The fraction of sp³-hybridized carbons (Fsp3) is 0.200. The van der Waals surface area contributed by atoms with Crippen molar-refractivity contribution in [2.75, 3.05) is 5.33 Å². The number of hydrogen-bond donors (Lipinski definition) is 0. The Morgan fingerprint density at radius 2 is 1.93 bits per heavy atom. The van der Waals surface area contributed by atoms with Crippen LogP contribution in [-0.2, 0) is 9.84 Å². The van der Waals surface area contributed by atoms with E-state index in [2.05, 4.69) is 15.9 Å². The van der Waals surface area contributed by atoms with Gasteiger partial charge < -0.3 is 0 Å². The summed E-state index contributed by atoms with van der Waals surface area (Å²) in [4.78, 5) is 0.334. The highest BCUT2D eigenvalue weighted by atomic mass is 79.9. The molecule has 0 radical (unpaired) electrons. The van der Waals surface area contributed by atoms with Gasteiger partial charge in [-0.1, -0.05) is 39.7 Å². The third-order valence-electron chi connectivity index (χ3n) is 1.64. The predicted octanol–water partition coefficient (Wildman–Crippen LogP) is 2.76. The third kappa shape index (κ3) is 2.96. The lowest BCUT2D eigenvalue weighted by atomic mass is 10.4. The first-order chi connectivity index (χ1) is 6.56. The fourth-order valence-electron chi connectivity index (χ4n) is 0.975. The molecule has 0 spiro atoms. The van der Waals surface area contributed by atoms with Gasteiger partial charge in [-0.15, -0.1) is 0 Å². The first kappa shape index (κ1) is 11.5. The van der Waals surface area contributed by atoms with Gasteiger partial charge in [-0.3, -0.25) is 0 Å². The molecule has 2 nitrogen and oxygen atoms in total. The summed E-state index contributed by atoms with van der Waals surface area (Å²) in [5, 5.41) is 1.86. The first-order valence-electron chi connectivity index (χ1n) is 4.09. The molecule has 4 heteroatoms. The molecule has 1 aromatic rings. The summed E-state index contributed by atoms with van der Waals surface area (Å²) in [7, 11) is -3.26. The summed E-state index contributed by atoms with van der Waals surface area (Å²) in [5.41, 5.74) is 0.786. The van der Waals surface area contributed by atoms with Gasteiger partial charge in [0.05, 0.1) is 4.90 Å². The van der Waals surface area contributed by atoms with Crippen LogP contribution < -0.4 is 0 Å². The van der Waals surface area contributed by atoms with Crippen LogP contribution in [0.1, 0.15) is 6.92 Å². The van der Waals surface area contributed by atoms with Crippen LogP contribution in [0.5, 0.6) is 0 Å². The normalized spacial score (nSPS) is 12.9. The molecule has 1 aromatic carbocycles. The van der Waals surface area contributed by atoms with Gasteiger partial charge in [0, 0.05) is 10.7 Å². The van der Waals surface area contributed by atoms with E-state index in [1.54, 1.807) is 37.3 Å². The molecule has 0 amide bonds. The van der Waals surface area contributed by atoms with E-state index in [-0.39, 0.29) is 0 Å². The highest BCUT2D eigenvalue weighted by Gasteiger charge is 2.09. The second-order valence-corrected chi connectivity index (χ2v) is 5.31. The number of alkyl halides is 1. The van der Waals surface area contributed by atoms with Gasteiger partial charge in [0.2, 0.25) is 0 Å². The Bertz CT molecular complexity index is 421. The largest absolute Gasteiger partial charge is 0.219 e. The van der Waals surface area contributed by atoms with Gasteiger partial charge in [0.1, 0.15) is 0 Å². The van der Waals surface area contributed by atoms with Gasteiger partial charge in [0.25, 0.3) is 0 Å². The van der Waals surface area contributed by atoms with Gasteiger partial charge in [-0.05, 0) is 19.1 Å². The van der Waals surface area contributed by atoms with Gasteiger partial charge in [-0.25, -0.2) is 8.42 Å². The van der Waals surface area contributed by atoms with Crippen LogP contribution in [-0.4, -0.2) is 13.7 Å². The Labute approximate surface area is 92.7 Å². The summed E-state index contributed by atoms with van der Waals surface area (Å²) < 4.78 is 23.4. The number of benzene rings is 1. The Kier molecular flexibility index (Phi) is 3.89. The Hall–Kier alpha value is -0.610. The van der Waals surface area contributed by atoms with E-state index in [1.807, 2.05) is 0 Å². The summed E-state index contributed by atoms with van der Waals surface area (Å²) in [6, 6.07) is 8.40. The third-order valence-corrected chi connectivity index (χ3v) is 4.17. The number of halogens is 1. The molecule has 0 aliphatic heterocycles. The second-order valence-electron chi connectivity index (χ2n) is 2.96. The minimum Gasteiger partial charge on any atom is -0.219 e. The topological polar surface area (TPSA) is 34.1 Å². The molecule has 0 heterocycles. The first-order valence-corrected chi connectivity index (χ1v) is 6.76. The summed E-state index contributed by atoms with van der Waals surface area (Å²) >= 11 is 3.21. The maximum atomic E-state index is 11.7. The van der Waals surface area contributed by atoms with Crippen molar-refractivity contribution in [2.24, 2.45) is 0 Å². The summed E-state index contributed by atoms with van der Waals surface area (Å²) in [6.45, 7) is 1.77. The Balaban J connectivity index is 3.11. The number of rotatable bonds is 3. The molecule has 0 saturated carbocycles. The Morgan fingerprint density at radius 1 is 1.36 bits per heavy atom. The van der Waals surface area contributed by atoms with E-state index in [4.69, 9.17) is 0 Å². The van der Waals surface area contributed by atoms with E-state index in [9.17, 15) is 8.42 Å². The van der Waals surface area contributed by atoms with Crippen molar-refractivity contribution in [2.45, 2.75) is 11.8 Å². The maximum Gasteiger partial charge on any atom is 0.199 e. The molecule has 0 saturated heterocycles. The standard InChI is InChI=1S/C10H11BrO2S/c1-9(7-11)8-14(12,13)10-5-3-2-4-6-10/h2-6,8H,7H2,1H3. The lowest BCUT2D eigenvalue weighted by Crippen LogP contribution is -1.97. The summed E-state index contributed by atoms with van der Waals surface area (Å²) in [6.07, 6.45) is 0. The van der Waals surface area contributed by atoms with Crippen molar-refractivity contribution >= 4 is 25.8 Å². The monoisotopic (exact) mass is 274 g/mol. The van der Waals surface area contributed by atoms with Gasteiger partial charge in [0.15, 0.2) is 9.84 Å². The molecule has 0 aliphatic carbocycles. The zero-order chi connectivity index (χ0) is 10.6. The molecule has 0 N–H and O–H groups in total. The number of allylic oxidation sites excluding steroid dienone is 1. The number of sulfone groups is 1. The molecule has 0 aliphatic rings. The molecule has 0 fully saturated rings. The molecule has 76 valence electrons. The minimum atomic E-state index is -3.26. The van der Waals surface area contributed by atoms with Crippen LogP contribution in [0.2, 0.25) is 0 Å². The highest BCUT2D eigenvalue weighted by Crippen LogP contribution is 2.13. The predicted molar refractivity (Wildman–Crippen MR) is 61.2 cm³/mol. The van der Waals surface area contributed by atoms with Crippen LogP contribution in [0, 0.1) is 0 Å². The average molecular weight is 275 g/mol. The van der Waals surface area contributed by atoms with Crippen molar-refractivity contribution in [1.82, 2.24) is 0 Å². The van der Waals surface area contributed by atoms with Gasteiger partial charge >= 0.3 is 0 Å². The highest BCUT2D eigenvalue weighted by molar-refractivity contribution is 9.09. The quantitative estimate of drug-likeness (QED) is 0.795. The van der Waals surface area contributed by atoms with Crippen LogP contribution in [0.25, 0.3) is 0 Å². The molecule has 1 rings (SSSR count). The van der Waals surface area contributed by atoms with Crippen LogP contribution in [0.3, 0.4) is 0 Å². The van der Waals surface area contributed by atoms with Crippen molar-refractivity contribution in [1.29, 1.82) is 0 Å². The van der Waals surface area contributed by atoms with Crippen LogP contribution in [0.4, 0.5) is 0 Å². The smallest absolute Gasteiger partial charge is 0.199 e. The number of hydrogen-bond acceptors (Lipinski definition) is 2. The SMILES string of the molecule is CC(=CS(=O)(=O)c1ccccc1)CBr. The lowest BCUT2D eigenvalue weighted by Gasteiger charge is -1.99. The van der Waals surface area contributed by atoms with Crippen LogP contribution in [0.15, 0.2) is 46.2 Å². The van der Waals surface area contributed by atoms with E-state index in [1.165, 1.54) is 5.41 Å². The molecular weight excluding hydrogens is 264 g/mol. The lowest BCUT2D eigenvalue weighted by molar-refractivity contribution is 0.604. The van der Waals surface area contributed by atoms with E-state index >= 15 is 0 Å². The zero-order valence-corrected chi connectivity index (χ0v) is 10.2. The minimum absolute atomic E-state index is 0.334. The molecule has 0 unspecified atom stereocenters. The molecule has 0 bridgehead atoms. The van der Waals surface area contributed by atoms with Gasteiger partial charge in [-0.2, -0.15) is 0 Å². The fourth-order valence-corrected chi connectivity index (χ4v) is 2.64.